The Labute approximate surface area is 164 Å². The van der Waals surface area contributed by atoms with Crippen molar-refractivity contribution in [3.05, 3.63) is 21.4 Å². The predicted molar refractivity (Wildman–Crippen MR) is 103 cm³/mol. The number of fused-ring (bicyclic) bond motifs is 2. The van der Waals surface area contributed by atoms with Gasteiger partial charge in [0.2, 0.25) is 5.91 Å². The molecule has 7 heteroatoms. The highest BCUT2D eigenvalue weighted by Gasteiger charge is 2.48. The molecule has 1 aromatic heterocycles. The van der Waals surface area contributed by atoms with Gasteiger partial charge < -0.3 is 19.7 Å². The van der Waals surface area contributed by atoms with E-state index >= 15 is 0 Å². The van der Waals surface area contributed by atoms with Crippen LogP contribution in [0, 0.1) is 5.41 Å². The Morgan fingerprint density at radius 2 is 1.96 bits per heavy atom. The van der Waals surface area contributed by atoms with Crippen LogP contribution in [0.4, 0.5) is 0 Å². The van der Waals surface area contributed by atoms with Crippen molar-refractivity contribution >= 4 is 23.2 Å². The zero-order valence-corrected chi connectivity index (χ0v) is 17.1. The van der Waals surface area contributed by atoms with Crippen molar-refractivity contribution in [1.82, 2.24) is 10.2 Å². The smallest absolute Gasteiger partial charge is 0.261 e. The molecule has 0 unspecified atom stereocenters. The van der Waals surface area contributed by atoms with E-state index in [9.17, 15) is 9.59 Å². The summed E-state index contributed by atoms with van der Waals surface area (Å²) in [5.41, 5.74) is 0.538. The van der Waals surface area contributed by atoms with E-state index in [1.54, 1.807) is 11.3 Å². The van der Waals surface area contributed by atoms with Crippen molar-refractivity contribution in [3.8, 4) is 0 Å². The minimum absolute atomic E-state index is 0.00919. The van der Waals surface area contributed by atoms with E-state index in [0.29, 0.717) is 32.9 Å². The third kappa shape index (κ3) is 3.30. The first-order valence-corrected chi connectivity index (χ1v) is 10.6. The van der Waals surface area contributed by atoms with Gasteiger partial charge in [-0.3, -0.25) is 9.59 Å². The molecule has 0 atom stereocenters. The molecule has 1 spiro atoms. The van der Waals surface area contributed by atoms with Gasteiger partial charge in [-0.25, -0.2) is 0 Å². The summed E-state index contributed by atoms with van der Waals surface area (Å²) in [7, 11) is 0. The van der Waals surface area contributed by atoms with Crippen LogP contribution in [0.2, 0.25) is 0 Å². The summed E-state index contributed by atoms with van der Waals surface area (Å²) >= 11 is 1.56. The monoisotopic (exact) mass is 392 g/mol. The van der Waals surface area contributed by atoms with Crippen molar-refractivity contribution in [1.29, 1.82) is 0 Å². The minimum Gasteiger partial charge on any atom is -0.379 e. The lowest BCUT2D eigenvalue weighted by Crippen LogP contribution is -2.56. The first kappa shape index (κ1) is 18.9. The lowest BCUT2D eigenvalue weighted by atomic mass is 9.82. The van der Waals surface area contributed by atoms with Gasteiger partial charge in [-0.2, -0.15) is 0 Å². The third-order valence-corrected chi connectivity index (χ3v) is 7.19. The van der Waals surface area contributed by atoms with Crippen LogP contribution in [0.1, 0.15) is 53.7 Å². The molecular formula is C20H28N2O4S. The first-order valence-electron chi connectivity index (χ1n) is 9.78. The summed E-state index contributed by atoms with van der Waals surface area (Å²) in [4.78, 5) is 29.1. The molecule has 27 heavy (non-hydrogen) atoms. The largest absolute Gasteiger partial charge is 0.379 e. The molecule has 0 aromatic carbocycles. The van der Waals surface area contributed by atoms with Crippen LogP contribution >= 0.6 is 11.3 Å². The van der Waals surface area contributed by atoms with Gasteiger partial charge in [-0.1, -0.05) is 0 Å². The van der Waals surface area contributed by atoms with Crippen molar-refractivity contribution in [3.63, 3.8) is 0 Å². The summed E-state index contributed by atoms with van der Waals surface area (Å²) in [5, 5.41) is 2.98. The summed E-state index contributed by atoms with van der Waals surface area (Å²) in [5.74, 6) is 0.188. The second-order valence-corrected chi connectivity index (χ2v) is 9.58. The Balaban J connectivity index is 1.50. The number of amides is 2. The van der Waals surface area contributed by atoms with Crippen LogP contribution < -0.4 is 5.32 Å². The molecule has 1 aromatic rings. The van der Waals surface area contributed by atoms with E-state index < -0.39 is 0 Å². The average Bonchev–Trinajstić information content (AvgIpc) is 3.05. The second kappa shape index (κ2) is 6.87. The van der Waals surface area contributed by atoms with Crippen LogP contribution in [0.25, 0.3) is 0 Å². The Bertz CT molecular complexity index is 745. The molecule has 0 saturated carbocycles. The van der Waals surface area contributed by atoms with Gasteiger partial charge in [0.1, 0.15) is 5.60 Å². The van der Waals surface area contributed by atoms with Gasteiger partial charge in [-0.05, 0) is 51.7 Å². The molecule has 2 saturated heterocycles. The van der Waals surface area contributed by atoms with E-state index in [0.717, 1.165) is 24.1 Å². The van der Waals surface area contributed by atoms with Crippen molar-refractivity contribution in [2.75, 3.05) is 32.9 Å². The molecule has 4 heterocycles. The Hall–Kier alpha value is -1.44. The minimum atomic E-state index is -0.353. The van der Waals surface area contributed by atoms with Crippen molar-refractivity contribution in [2.24, 2.45) is 5.41 Å². The maximum absolute atomic E-state index is 12.8. The SMILES string of the molecule is CC(C)NC(=O)c1cc2c(s1)C1(CCN(C(=O)C3(C)COC3)CC1)OCC2. The van der Waals surface area contributed by atoms with Crippen LogP contribution in [0.5, 0.6) is 0 Å². The molecule has 6 nitrogen and oxygen atoms in total. The number of hydrogen-bond donors (Lipinski definition) is 1. The highest BCUT2D eigenvalue weighted by molar-refractivity contribution is 7.14. The molecule has 2 fully saturated rings. The molecule has 2 amide bonds. The van der Waals surface area contributed by atoms with E-state index in [4.69, 9.17) is 9.47 Å². The number of carbonyl (C=O) groups excluding carboxylic acids is 2. The van der Waals surface area contributed by atoms with Gasteiger partial charge in [0, 0.05) is 24.0 Å². The van der Waals surface area contributed by atoms with Crippen LogP contribution in [-0.2, 0) is 26.3 Å². The maximum Gasteiger partial charge on any atom is 0.261 e. The maximum atomic E-state index is 12.8. The van der Waals surface area contributed by atoms with Gasteiger partial charge in [0.05, 0.1) is 30.1 Å². The van der Waals surface area contributed by atoms with Crippen molar-refractivity contribution in [2.45, 2.75) is 51.7 Å². The molecular weight excluding hydrogens is 364 g/mol. The van der Waals surface area contributed by atoms with Gasteiger partial charge in [-0.15, -0.1) is 11.3 Å². The molecule has 3 aliphatic rings. The Kier molecular flexibility index (Phi) is 4.81. The first-order chi connectivity index (χ1) is 12.8. The highest BCUT2D eigenvalue weighted by Crippen LogP contribution is 2.46. The molecule has 3 aliphatic heterocycles. The molecule has 0 radical (unpaired) electrons. The number of carbonyl (C=O) groups is 2. The average molecular weight is 393 g/mol. The normalized spacial score (nSPS) is 23.0. The van der Waals surface area contributed by atoms with Crippen LogP contribution in [0.15, 0.2) is 6.07 Å². The van der Waals surface area contributed by atoms with E-state index in [2.05, 4.69) is 5.32 Å². The van der Waals surface area contributed by atoms with Crippen LogP contribution in [0.3, 0.4) is 0 Å². The number of piperidine rings is 1. The van der Waals surface area contributed by atoms with Gasteiger partial charge >= 0.3 is 0 Å². The summed E-state index contributed by atoms with van der Waals surface area (Å²) in [6.45, 7) is 9.03. The van der Waals surface area contributed by atoms with Crippen LogP contribution in [-0.4, -0.2) is 55.7 Å². The molecule has 0 aliphatic carbocycles. The summed E-state index contributed by atoms with van der Waals surface area (Å²) in [6, 6.07) is 2.15. The standard InChI is InChI=1S/C20H28N2O4S/c1-13(2)21-17(23)15-10-14-4-9-26-20(16(14)27-15)5-7-22(8-6-20)18(24)19(3)11-25-12-19/h10,13H,4-9,11-12H2,1-3H3,(H,21,23). The lowest BCUT2D eigenvalue weighted by Gasteiger charge is -2.47. The van der Waals surface area contributed by atoms with Gasteiger partial charge in [0.15, 0.2) is 0 Å². The number of thiophene rings is 1. The predicted octanol–water partition coefficient (Wildman–Crippen LogP) is 2.31. The van der Waals surface area contributed by atoms with Gasteiger partial charge in [0.25, 0.3) is 5.91 Å². The third-order valence-electron chi connectivity index (χ3n) is 5.83. The topological polar surface area (TPSA) is 67.9 Å². The number of nitrogens with zero attached hydrogens (tertiary/aromatic N) is 1. The number of hydrogen-bond acceptors (Lipinski definition) is 5. The summed E-state index contributed by atoms with van der Waals surface area (Å²) < 4.78 is 11.5. The number of ether oxygens (including phenoxy) is 2. The second-order valence-electron chi connectivity index (χ2n) is 8.53. The number of likely N-dealkylation sites (tertiary alicyclic amines) is 1. The fourth-order valence-corrected chi connectivity index (χ4v) is 5.54. The van der Waals surface area contributed by atoms with E-state index in [1.165, 1.54) is 10.4 Å². The quantitative estimate of drug-likeness (QED) is 0.857. The zero-order chi connectivity index (χ0) is 19.2. The van der Waals surface area contributed by atoms with E-state index in [-0.39, 0.29) is 28.9 Å². The lowest BCUT2D eigenvalue weighted by molar-refractivity contribution is -0.174. The fourth-order valence-electron chi connectivity index (χ4n) is 4.22. The molecule has 1 N–H and O–H groups in total. The Morgan fingerprint density at radius 1 is 1.26 bits per heavy atom. The number of rotatable bonds is 3. The highest BCUT2D eigenvalue weighted by atomic mass is 32.1. The molecule has 148 valence electrons. The van der Waals surface area contributed by atoms with Crippen molar-refractivity contribution < 1.29 is 19.1 Å². The number of nitrogens with one attached hydrogen (secondary N) is 1. The Morgan fingerprint density at radius 3 is 2.56 bits per heavy atom. The molecule has 0 bridgehead atoms. The molecule has 4 rings (SSSR count). The summed E-state index contributed by atoms with van der Waals surface area (Å²) in [6.07, 6.45) is 2.42. The zero-order valence-electron chi connectivity index (χ0n) is 16.3. The fraction of sp³-hybridized carbons (Fsp3) is 0.700. The van der Waals surface area contributed by atoms with E-state index in [1.807, 2.05) is 31.7 Å².